The zero-order valence-corrected chi connectivity index (χ0v) is 13.3. The van der Waals surface area contributed by atoms with Crippen molar-refractivity contribution in [2.75, 3.05) is 12.3 Å². The number of aryl methyl sites for hydroxylation is 1. The Balaban J connectivity index is 2.12. The Morgan fingerprint density at radius 2 is 1.70 bits per heavy atom. The average Bonchev–Trinajstić information content (AvgIpc) is 2.56. The highest BCUT2D eigenvalue weighted by atomic mass is 16.5. The minimum atomic E-state index is -0.305. The molecule has 0 aliphatic carbocycles. The molecule has 0 spiro atoms. The Kier molecular flexibility index (Phi) is 4.02. The number of carbonyl (C=O) groups excluding carboxylic acids is 1. The molecule has 23 heavy (non-hydrogen) atoms. The smallest absolute Gasteiger partial charge is 0.338 e. The summed E-state index contributed by atoms with van der Waals surface area (Å²) in [5.41, 5.74) is 10.7. The lowest BCUT2D eigenvalue weighted by atomic mass is 9.93. The molecule has 116 valence electrons. The molecule has 0 amide bonds. The molecule has 3 heteroatoms. The van der Waals surface area contributed by atoms with E-state index in [2.05, 4.69) is 19.1 Å². The maximum Gasteiger partial charge on any atom is 0.338 e. The summed E-state index contributed by atoms with van der Waals surface area (Å²) in [6, 6.07) is 17.6. The molecule has 3 aromatic carbocycles. The summed E-state index contributed by atoms with van der Waals surface area (Å²) in [5.74, 6) is -0.305. The van der Waals surface area contributed by atoms with Gasteiger partial charge in [0.25, 0.3) is 0 Å². The van der Waals surface area contributed by atoms with Crippen LogP contribution in [0.2, 0.25) is 0 Å². The second kappa shape index (κ2) is 6.13. The number of esters is 1. The summed E-state index contributed by atoms with van der Waals surface area (Å²) in [6.45, 7) is 4.23. The van der Waals surface area contributed by atoms with E-state index in [9.17, 15) is 4.79 Å². The topological polar surface area (TPSA) is 52.3 Å². The van der Waals surface area contributed by atoms with Gasteiger partial charge in [-0.2, -0.15) is 0 Å². The first-order chi connectivity index (χ1) is 11.1. The number of benzene rings is 3. The Hall–Kier alpha value is -2.81. The fraction of sp³-hybridized carbons (Fsp3) is 0.150. The second-order valence-corrected chi connectivity index (χ2v) is 5.50. The van der Waals surface area contributed by atoms with Crippen molar-refractivity contribution in [3.05, 3.63) is 65.7 Å². The fourth-order valence-corrected chi connectivity index (χ4v) is 2.89. The number of rotatable bonds is 3. The summed E-state index contributed by atoms with van der Waals surface area (Å²) in [7, 11) is 0. The Morgan fingerprint density at radius 3 is 2.35 bits per heavy atom. The van der Waals surface area contributed by atoms with Crippen LogP contribution in [0.3, 0.4) is 0 Å². The van der Waals surface area contributed by atoms with E-state index in [0.29, 0.717) is 12.2 Å². The van der Waals surface area contributed by atoms with E-state index in [-0.39, 0.29) is 5.97 Å². The molecule has 0 aliphatic rings. The van der Waals surface area contributed by atoms with Crippen molar-refractivity contribution in [1.29, 1.82) is 0 Å². The number of carbonyl (C=O) groups is 1. The van der Waals surface area contributed by atoms with Crippen LogP contribution < -0.4 is 5.73 Å². The summed E-state index contributed by atoms with van der Waals surface area (Å²) >= 11 is 0. The third kappa shape index (κ3) is 2.78. The van der Waals surface area contributed by atoms with Crippen LogP contribution in [-0.4, -0.2) is 12.6 Å². The molecule has 0 atom stereocenters. The van der Waals surface area contributed by atoms with Crippen LogP contribution in [-0.2, 0) is 4.74 Å². The maximum atomic E-state index is 11.8. The number of hydrogen-bond acceptors (Lipinski definition) is 3. The van der Waals surface area contributed by atoms with Crippen LogP contribution in [0.15, 0.2) is 54.6 Å². The third-order valence-corrected chi connectivity index (χ3v) is 3.97. The molecule has 0 unspecified atom stereocenters. The molecule has 0 bridgehead atoms. The highest BCUT2D eigenvalue weighted by Crippen LogP contribution is 2.35. The molecule has 3 rings (SSSR count). The highest BCUT2D eigenvalue weighted by molar-refractivity contribution is 6.04. The van der Waals surface area contributed by atoms with E-state index in [1.165, 1.54) is 5.39 Å². The van der Waals surface area contributed by atoms with Gasteiger partial charge in [0.15, 0.2) is 0 Å². The summed E-state index contributed by atoms with van der Waals surface area (Å²) < 4.78 is 5.02. The molecule has 0 saturated heterocycles. The standard InChI is InChI=1S/C20H19NO2/c1-3-23-20(22)15-10-8-14(9-11-15)19-17-7-5-4-6-16(17)13(2)12-18(19)21/h4-12H,3,21H2,1-2H3. The first-order valence-electron chi connectivity index (χ1n) is 7.67. The van der Waals surface area contributed by atoms with Gasteiger partial charge in [0, 0.05) is 11.3 Å². The molecule has 3 aromatic rings. The van der Waals surface area contributed by atoms with Crippen molar-refractivity contribution in [3.63, 3.8) is 0 Å². The van der Waals surface area contributed by atoms with Crippen LogP contribution >= 0.6 is 0 Å². The molecule has 0 aliphatic heterocycles. The number of nitrogens with two attached hydrogens (primary N) is 1. The average molecular weight is 305 g/mol. The molecular formula is C20H19NO2. The lowest BCUT2D eigenvalue weighted by molar-refractivity contribution is 0.0526. The Bertz CT molecular complexity index is 867. The van der Waals surface area contributed by atoms with E-state index in [1.54, 1.807) is 19.1 Å². The van der Waals surface area contributed by atoms with Crippen LogP contribution in [0.4, 0.5) is 5.69 Å². The molecule has 3 nitrogen and oxygen atoms in total. The van der Waals surface area contributed by atoms with Crippen molar-refractivity contribution in [1.82, 2.24) is 0 Å². The zero-order valence-electron chi connectivity index (χ0n) is 13.3. The van der Waals surface area contributed by atoms with Crippen molar-refractivity contribution in [3.8, 4) is 11.1 Å². The van der Waals surface area contributed by atoms with Crippen LogP contribution in [0.1, 0.15) is 22.8 Å². The van der Waals surface area contributed by atoms with Gasteiger partial charge in [-0.15, -0.1) is 0 Å². The summed E-state index contributed by atoms with van der Waals surface area (Å²) in [4.78, 5) is 11.8. The van der Waals surface area contributed by atoms with Crippen molar-refractivity contribution < 1.29 is 9.53 Å². The molecule has 0 fully saturated rings. The van der Waals surface area contributed by atoms with Gasteiger partial charge in [-0.1, -0.05) is 36.4 Å². The molecule has 0 radical (unpaired) electrons. The predicted octanol–water partition coefficient (Wildman–Crippen LogP) is 4.57. The number of anilines is 1. The van der Waals surface area contributed by atoms with Crippen LogP contribution in [0.5, 0.6) is 0 Å². The fourth-order valence-electron chi connectivity index (χ4n) is 2.89. The Morgan fingerprint density at radius 1 is 1.04 bits per heavy atom. The second-order valence-electron chi connectivity index (χ2n) is 5.50. The largest absolute Gasteiger partial charge is 0.462 e. The summed E-state index contributed by atoms with van der Waals surface area (Å²) in [6.07, 6.45) is 0. The zero-order chi connectivity index (χ0) is 16.4. The minimum absolute atomic E-state index is 0.305. The van der Waals surface area contributed by atoms with Crippen molar-refractivity contribution >= 4 is 22.4 Å². The molecule has 2 N–H and O–H groups in total. The van der Waals surface area contributed by atoms with Gasteiger partial charge in [-0.05, 0) is 53.9 Å². The predicted molar refractivity (Wildman–Crippen MR) is 94.5 cm³/mol. The summed E-state index contributed by atoms with van der Waals surface area (Å²) in [5, 5.41) is 2.31. The van der Waals surface area contributed by atoms with Crippen LogP contribution in [0.25, 0.3) is 21.9 Å². The number of nitrogen functional groups attached to an aromatic ring is 1. The van der Waals surface area contributed by atoms with Gasteiger partial charge in [-0.3, -0.25) is 0 Å². The molecular weight excluding hydrogens is 286 g/mol. The van der Waals surface area contributed by atoms with E-state index in [0.717, 1.165) is 27.8 Å². The normalized spacial score (nSPS) is 10.7. The van der Waals surface area contributed by atoms with Crippen molar-refractivity contribution in [2.24, 2.45) is 0 Å². The first kappa shape index (κ1) is 15.1. The van der Waals surface area contributed by atoms with Gasteiger partial charge in [-0.25, -0.2) is 4.79 Å². The first-order valence-corrected chi connectivity index (χ1v) is 7.67. The maximum absolute atomic E-state index is 11.8. The monoisotopic (exact) mass is 305 g/mol. The highest BCUT2D eigenvalue weighted by Gasteiger charge is 2.12. The number of ether oxygens (including phenoxy) is 1. The van der Waals surface area contributed by atoms with Crippen molar-refractivity contribution in [2.45, 2.75) is 13.8 Å². The third-order valence-electron chi connectivity index (χ3n) is 3.97. The van der Waals surface area contributed by atoms with Gasteiger partial charge in [0.1, 0.15) is 0 Å². The molecule has 0 aromatic heterocycles. The molecule has 0 heterocycles. The lowest BCUT2D eigenvalue weighted by Crippen LogP contribution is -2.04. The SMILES string of the molecule is CCOC(=O)c1ccc(-c2c(N)cc(C)c3ccccc23)cc1. The minimum Gasteiger partial charge on any atom is -0.462 e. The van der Waals surface area contributed by atoms with Gasteiger partial charge < -0.3 is 10.5 Å². The van der Waals surface area contributed by atoms with Gasteiger partial charge in [0.2, 0.25) is 0 Å². The lowest BCUT2D eigenvalue weighted by Gasteiger charge is -2.13. The van der Waals surface area contributed by atoms with E-state index >= 15 is 0 Å². The molecule has 0 saturated carbocycles. The van der Waals surface area contributed by atoms with E-state index in [4.69, 9.17) is 10.5 Å². The van der Waals surface area contributed by atoms with Gasteiger partial charge >= 0.3 is 5.97 Å². The van der Waals surface area contributed by atoms with E-state index in [1.807, 2.05) is 30.3 Å². The number of hydrogen-bond donors (Lipinski definition) is 1. The van der Waals surface area contributed by atoms with E-state index < -0.39 is 0 Å². The number of fused-ring (bicyclic) bond motifs is 1. The van der Waals surface area contributed by atoms with Crippen LogP contribution in [0, 0.1) is 6.92 Å². The van der Waals surface area contributed by atoms with Gasteiger partial charge in [0.05, 0.1) is 12.2 Å². The quantitative estimate of drug-likeness (QED) is 0.569. The Labute approximate surface area is 135 Å².